The van der Waals surface area contributed by atoms with Crippen LogP contribution in [0.5, 0.6) is 0 Å². The van der Waals surface area contributed by atoms with Crippen LogP contribution in [-0.2, 0) is 6.54 Å². The Morgan fingerprint density at radius 3 is 2.45 bits per heavy atom. The number of aliphatic imine (C=N–C) groups is 1. The number of likely N-dealkylation sites (N-methyl/N-ethyl adjacent to an activating group) is 1. The number of halogens is 1. The van der Waals surface area contributed by atoms with Gasteiger partial charge >= 0.3 is 0 Å². The van der Waals surface area contributed by atoms with Gasteiger partial charge in [-0.25, -0.2) is 0 Å². The van der Waals surface area contributed by atoms with Crippen molar-refractivity contribution >= 4 is 29.9 Å². The van der Waals surface area contributed by atoms with Crippen LogP contribution in [-0.4, -0.2) is 42.7 Å². The molecule has 29 heavy (non-hydrogen) atoms. The molecule has 7 nitrogen and oxygen atoms in total. The number of hydrogen-bond donors (Lipinski definition) is 2. The van der Waals surface area contributed by atoms with Crippen LogP contribution < -0.4 is 10.6 Å². The molecule has 1 atom stereocenters. The zero-order chi connectivity index (χ0) is 20.4. The maximum atomic E-state index is 5.66. The number of nitrogens with one attached hydrogen (secondary N) is 2. The second kappa shape index (κ2) is 13.6. The Morgan fingerprint density at radius 1 is 1.17 bits per heavy atom. The standard InChI is InChI=1S/C21H35N5O2.HI/c1-6-16(7-2)18-13-17(28-25-18)14-23-21(22-5)24-15-19(26(8-3)9-4)20-11-10-12-27-20;/h10-13,16,19H,6-9,14-15H2,1-5H3,(H2,22,23,24);1H. The number of aromatic nitrogens is 1. The smallest absolute Gasteiger partial charge is 0.191 e. The van der Waals surface area contributed by atoms with Gasteiger partial charge in [0.05, 0.1) is 24.5 Å². The van der Waals surface area contributed by atoms with Gasteiger partial charge in [0.1, 0.15) is 5.76 Å². The number of furan rings is 1. The fourth-order valence-electron chi connectivity index (χ4n) is 3.45. The second-order valence-electron chi connectivity index (χ2n) is 6.79. The molecule has 2 heterocycles. The third kappa shape index (κ3) is 7.33. The van der Waals surface area contributed by atoms with Crippen molar-refractivity contribution in [3.05, 3.63) is 41.7 Å². The van der Waals surface area contributed by atoms with Gasteiger partial charge in [0.25, 0.3) is 0 Å². The lowest BCUT2D eigenvalue weighted by molar-refractivity contribution is 0.193. The lowest BCUT2D eigenvalue weighted by atomic mass is 9.99. The predicted molar refractivity (Wildman–Crippen MR) is 128 cm³/mol. The van der Waals surface area contributed by atoms with E-state index in [0.29, 0.717) is 19.0 Å². The minimum Gasteiger partial charge on any atom is -0.468 e. The molecule has 0 aromatic carbocycles. The second-order valence-corrected chi connectivity index (χ2v) is 6.79. The van der Waals surface area contributed by atoms with Crippen LogP contribution in [0.3, 0.4) is 0 Å². The summed E-state index contributed by atoms with van der Waals surface area (Å²) in [6.45, 7) is 11.8. The van der Waals surface area contributed by atoms with Crippen LogP contribution in [0.15, 0.2) is 38.4 Å². The number of hydrogen-bond acceptors (Lipinski definition) is 5. The predicted octanol–water partition coefficient (Wildman–Crippen LogP) is 4.54. The van der Waals surface area contributed by atoms with Crippen molar-refractivity contribution in [2.24, 2.45) is 4.99 Å². The molecule has 0 spiro atoms. The summed E-state index contributed by atoms with van der Waals surface area (Å²) in [6, 6.07) is 6.14. The molecular formula is C21H36IN5O2. The first-order valence-electron chi connectivity index (χ1n) is 10.3. The molecule has 0 aliphatic carbocycles. The Balaban J connectivity index is 0.00000420. The first-order chi connectivity index (χ1) is 13.7. The summed E-state index contributed by atoms with van der Waals surface area (Å²) >= 11 is 0. The third-order valence-corrected chi connectivity index (χ3v) is 5.22. The highest BCUT2D eigenvalue weighted by molar-refractivity contribution is 14.0. The lowest BCUT2D eigenvalue weighted by Crippen LogP contribution is -2.42. The zero-order valence-electron chi connectivity index (χ0n) is 18.3. The first kappa shape index (κ1) is 25.5. The Hall–Kier alpha value is -1.55. The van der Waals surface area contributed by atoms with Crippen LogP contribution in [0.1, 0.15) is 69.7 Å². The minimum absolute atomic E-state index is 0. The summed E-state index contributed by atoms with van der Waals surface area (Å²) in [5.74, 6) is 2.95. The Morgan fingerprint density at radius 2 is 1.90 bits per heavy atom. The van der Waals surface area contributed by atoms with Crippen LogP contribution in [0.25, 0.3) is 0 Å². The number of nitrogens with zero attached hydrogens (tertiary/aromatic N) is 3. The molecule has 0 bridgehead atoms. The van der Waals surface area contributed by atoms with E-state index < -0.39 is 0 Å². The summed E-state index contributed by atoms with van der Waals surface area (Å²) in [7, 11) is 1.77. The fourth-order valence-corrected chi connectivity index (χ4v) is 3.45. The largest absolute Gasteiger partial charge is 0.468 e. The van der Waals surface area contributed by atoms with E-state index in [1.165, 1.54) is 0 Å². The van der Waals surface area contributed by atoms with Gasteiger partial charge in [-0.05, 0) is 38.1 Å². The van der Waals surface area contributed by atoms with E-state index in [4.69, 9.17) is 8.94 Å². The molecular weight excluding hydrogens is 481 g/mol. The van der Waals surface area contributed by atoms with Crippen molar-refractivity contribution in [1.82, 2.24) is 20.7 Å². The summed E-state index contributed by atoms with van der Waals surface area (Å²) in [4.78, 5) is 6.68. The van der Waals surface area contributed by atoms with Gasteiger partial charge in [-0.1, -0.05) is 32.9 Å². The molecule has 0 fully saturated rings. The zero-order valence-corrected chi connectivity index (χ0v) is 20.6. The van der Waals surface area contributed by atoms with E-state index >= 15 is 0 Å². The molecule has 0 radical (unpaired) electrons. The molecule has 164 valence electrons. The Kier molecular flexibility index (Phi) is 12.0. The van der Waals surface area contributed by atoms with Crippen LogP contribution in [0, 0.1) is 0 Å². The molecule has 2 aromatic heterocycles. The van der Waals surface area contributed by atoms with Gasteiger partial charge in [-0.15, -0.1) is 24.0 Å². The van der Waals surface area contributed by atoms with Crippen molar-refractivity contribution in [2.45, 2.75) is 59.0 Å². The molecule has 2 N–H and O–H groups in total. The third-order valence-electron chi connectivity index (χ3n) is 5.22. The van der Waals surface area contributed by atoms with Gasteiger partial charge in [0.15, 0.2) is 11.7 Å². The van der Waals surface area contributed by atoms with Crippen molar-refractivity contribution in [1.29, 1.82) is 0 Å². The van der Waals surface area contributed by atoms with Gasteiger partial charge in [0, 0.05) is 25.6 Å². The number of guanidine groups is 1. The SMILES string of the molecule is CCC(CC)c1cc(CNC(=NC)NCC(c2ccco2)N(CC)CC)on1.I. The van der Waals surface area contributed by atoms with E-state index in [1.807, 2.05) is 18.2 Å². The maximum absolute atomic E-state index is 5.66. The van der Waals surface area contributed by atoms with Gasteiger partial charge < -0.3 is 19.6 Å². The van der Waals surface area contributed by atoms with Crippen LogP contribution in [0.2, 0.25) is 0 Å². The molecule has 0 saturated carbocycles. The summed E-state index contributed by atoms with van der Waals surface area (Å²) in [5.41, 5.74) is 1.03. The molecule has 0 aliphatic heterocycles. The minimum atomic E-state index is 0. The molecule has 0 aliphatic rings. The highest BCUT2D eigenvalue weighted by Gasteiger charge is 2.21. The van der Waals surface area contributed by atoms with Crippen LogP contribution >= 0.6 is 24.0 Å². The summed E-state index contributed by atoms with van der Waals surface area (Å²) in [6.07, 6.45) is 3.86. The van der Waals surface area contributed by atoms with Crippen molar-refractivity contribution < 1.29 is 8.94 Å². The molecule has 2 aromatic rings. The first-order valence-corrected chi connectivity index (χ1v) is 10.3. The fraction of sp³-hybridized carbons (Fsp3) is 0.619. The van der Waals surface area contributed by atoms with Gasteiger partial charge in [-0.2, -0.15) is 0 Å². The quantitative estimate of drug-likeness (QED) is 0.259. The lowest BCUT2D eigenvalue weighted by Gasteiger charge is -2.28. The van der Waals surface area contributed by atoms with E-state index in [2.05, 4.69) is 53.4 Å². The molecule has 0 amide bonds. The van der Waals surface area contributed by atoms with E-state index in [-0.39, 0.29) is 30.0 Å². The van der Waals surface area contributed by atoms with E-state index in [9.17, 15) is 0 Å². The normalized spacial score (nSPS) is 12.9. The number of rotatable bonds is 11. The van der Waals surface area contributed by atoms with E-state index in [1.54, 1.807) is 13.3 Å². The summed E-state index contributed by atoms with van der Waals surface area (Å²) < 4.78 is 11.1. The van der Waals surface area contributed by atoms with E-state index in [0.717, 1.165) is 49.1 Å². The van der Waals surface area contributed by atoms with Crippen molar-refractivity contribution in [3.8, 4) is 0 Å². The molecule has 1 unspecified atom stereocenters. The average molecular weight is 517 g/mol. The monoisotopic (exact) mass is 517 g/mol. The average Bonchev–Trinajstić information content (AvgIpc) is 3.41. The molecule has 0 saturated heterocycles. The van der Waals surface area contributed by atoms with Gasteiger partial charge in [0.2, 0.25) is 0 Å². The molecule has 2 rings (SSSR count). The van der Waals surface area contributed by atoms with Crippen molar-refractivity contribution in [3.63, 3.8) is 0 Å². The van der Waals surface area contributed by atoms with Gasteiger partial charge in [-0.3, -0.25) is 9.89 Å². The topological polar surface area (TPSA) is 78.8 Å². The van der Waals surface area contributed by atoms with Crippen molar-refractivity contribution in [2.75, 3.05) is 26.7 Å². The Labute approximate surface area is 191 Å². The maximum Gasteiger partial charge on any atom is 0.191 e. The molecule has 8 heteroatoms. The highest BCUT2D eigenvalue weighted by atomic mass is 127. The highest BCUT2D eigenvalue weighted by Crippen LogP contribution is 2.22. The Bertz CT molecular complexity index is 694. The summed E-state index contributed by atoms with van der Waals surface area (Å²) in [5, 5.41) is 10.9. The van der Waals surface area contributed by atoms with Crippen LogP contribution in [0.4, 0.5) is 0 Å².